The number of piperidine rings is 1. The molecule has 3 rings (SSSR count). The predicted octanol–water partition coefficient (Wildman–Crippen LogP) is 2.55. The molecule has 1 unspecified atom stereocenters. The smallest absolute Gasteiger partial charge is 0.292 e. The summed E-state index contributed by atoms with van der Waals surface area (Å²) in [4.78, 5) is 10.7. The molecule has 0 radical (unpaired) electrons. The standard InChI is InChI=1S/C15H18N4O2/c16-10-11-2-3-14(19(20)21)13(8-11)18-12-4-7-17-15(9-12)5-1-6-15/h2-3,8,12,17-18H,1,4-7,9H2. The molecule has 1 heterocycles. The van der Waals surface area contributed by atoms with Crippen molar-refractivity contribution in [2.45, 2.75) is 43.7 Å². The van der Waals surface area contributed by atoms with Crippen LogP contribution in [-0.2, 0) is 0 Å². The Balaban J connectivity index is 1.80. The van der Waals surface area contributed by atoms with Crippen molar-refractivity contribution in [3.8, 4) is 6.07 Å². The van der Waals surface area contributed by atoms with Crippen LogP contribution in [0, 0.1) is 21.4 Å². The fraction of sp³-hybridized carbons (Fsp3) is 0.533. The molecule has 0 amide bonds. The zero-order valence-electron chi connectivity index (χ0n) is 11.8. The first-order valence-corrected chi connectivity index (χ1v) is 7.32. The van der Waals surface area contributed by atoms with Crippen LogP contribution in [0.2, 0.25) is 0 Å². The lowest BCUT2D eigenvalue weighted by atomic mass is 9.70. The zero-order valence-corrected chi connectivity index (χ0v) is 11.8. The topological polar surface area (TPSA) is 91.0 Å². The van der Waals surface area contributed by atoms with E-state index in [9.17, 15) is 10.1 Å². The largest absolute Gasteiger partial charge is 0.377 e. The van der Waals surface area contributed by atoms with Crippen LogP contribution >= 0.6 is 0 Å². The van der Waals surface area contributed by atoms with E-state index in [1.807, 2.05) is 6.07 Å². The van der Waals surface area contributed by atoms with Crippen LogP contribution in [0.25, 0.3) is 0 Å². The second kappa shape index (κ2) is 5.34. The van der Waals surface area contributed by atoms with E-state index >= 15 is 0 Å². The van der Waals surface area contributed by atoms with E-state index in [0.29, 0.717) is 11.3 Å². The van der Waals surface area contributed by atoms with Gasteiger partial charge in [-0.15, -0.1) is 0 Å². The number of nitro benzene ring substituents is 1. The van der Waals surface area contributed by atoms with Gasteiger partial charge in [0.1, 0.15) is 5.69 Å². The maximum absolute atomic E-state index is 11.1. The molecule has 1 saturated heterocycles. The Morgan fingerprint density at radius 1 is 1.48 bits per heavy atom. The van der Waals surface area contributed by atoms with Crippen molar-refractivity contribution in [3.05, 3.63) is 33.9 Å². The lowest BCUT2D eigenvalue weighted by molar-refractivity contribution is -0.384. The Labute approximate surface area is 123 Å². The Kier molecular flexibility index (Phi) is 3.52. The molecule has 1 aromatic rings. The number of nitrogens with one attached hydrogen (secondary N) is 2. The second-order valence-electron chi connectivity index (χ2n) is 6.00. The van der Waals surface area contributed by atoms with Gasteiger partial charge in [-0.25, -0.2) is 0 Å². The van der Waals surface area contributed by atoms with E-state index in [1.165, 1.54) is 31.4 Å². The van der Waals surface area contributed by atoms with Crippen LogP contribution in [0.5, 0.6) is 0 Å². The van der Waals surface area contributed by atoms with E-state index in [0.717, 1.165) is 19.4 Å². The summed E-state index contributed by atoms with van der Waals surface area (Å²) in [6.45, 7) is 0.934. The van der Waals surface area contributed by atoms with Crippen molar-refractivity contribution in [2.75, 3.05) is 11.9 Å². The summed E-state index contributed by atoms with van der Waals surface area (Å²) < 4.78 is 0. The Morgan fingerprint density at radius 2 is 2.29 bits per heavy atom. The zero-order chi connectivity index (χ0) is 14.9. The van der Waals surface area contributed by atoms with Crippen LogP contribution in [0.1, 0.15) is 37.7 Å². The minimum atomic E-state index is -0.399. The summed E-state index contributed by atoms with van der Waals surface area (Å²) in [6, 6.07) is 6.72. The van der Waals surface area contributed by atoms with Crippen molar-refractivity contribution in [1.82, 2.24) is 5.32 Å². The van der Waals surface area contributed by atoms with Gasteiger partial charge in [0.15, 0.2) is 0 Å². The first-order valence-electron chi connectivity index (χ1n) is 7.32. The lowest BCUT2D eigenvalue weighted by Crippen LogP contribution is -2.58. The highest BCUT2D eigenvalue weighted by atomic mass is 16.6. The molecule has 0 bridgehead atoms. The van der Waals surface area contributed by atoms with Crippen LogP contribution < -0.4 is 10.6 Å². The first-order chi connectivity index (χ1) is 10.1. The Hall–Kier alpha value is -2.13. The van der Waals surface area contributed by atoms with Crippen molar-refractivity contribution in [2.24, 2.45) is 0 Å². The number of anilines is 1. The van der Waals surface area contributed by atoms with Crippen LogP contribution in [-0.4, -0.2) is 23.0 Å². The van der Waals surface area contributed by atoms with Gasteiger partial charge in [0.2, 0.25) is 0 Å². The average molecular weight is 286 g/mol. The number of hydrogen-bond donors (Lipinski definition) is 2. The molecule has 0 aromatic heterocycles. The fourth-order valence-corrected chi connectivity index (χ4v) is 3.37. The van der Waals surface area contributed by atoms with Crippen LogP contribution in [0.3, 0.4) is 0 Å². The Morgan fingerprint density at radius 3 is 2.90 bits per heavy atom. The average Bonchev–Trinajstić information content (AvgIpc) is 2.45. The molecule has 110 valence electrons. The number of benzene rings is 1. The maximum atomic E-state index is 11.1. The molecule has 1 aromatic carbocycles. The highest BCUT2D eigenvalue weighted by Gasteiger charge is 2.41. The van der Waals surface area contributed by atoms with Gasteiger partial charge in [-0.1, -0.05) is 0 Å². The van der Waals surface area contributed by atoms with Gasteiger partial charge in [-0.3, -0.25) is 10.1 Å². The molecule has 2 aliphatic rings. The number of rotatable bonds is 3. The minimum Gasteiger partial charge on any atom is -0.377 e. The highest BCUT2D eigenvalue weighted by Crippen LogP contribution is 2.39. The predicted molar refractivity (Wildman–Crippen MR) is 79.0 cm³/mol. The lowest BCUT2D eigenvalue weighted by Gasteiger charge is -2.48. The number of hydrogen-bond acceptors (Lipinski definition) is 5. The van der Waals surface area contributed by atoms with Crippen molar-refractivity contribution in [3.63, 3.8) is 0 Å². The Bertz CT molecular complexity index is 604. The van der Waals surface area contributed by atoms with Crippen LogP contribution in [0.15, 0.2) is 18.2 Å². The SMILES string of the molecule is N#Cc1ccc([N+](=O)[O-])c(NC2CCNC3(CCC3)C2)c1. The van der Waals surface area contributed by atoms with E-state index in [1.54, 1.807) is 6.07 Å². The quantitative estimate of drug-likeness (QED) is 0.658. The van der Waals surface area contributed by atoms with Gasteiger partial charge >= 0.3 is 0 Å². The molecule has 1 aliphatic heterocycles. The molecular formula is C15H18N4O2. The van der Waals surface area contributed by atoms with Gasteiger partial charge in [0.25, 0.3) is 5.69 Å². The highest BCUT2D eigenvalue weighted by molar-refractivity contribution is 5.64. The van der Waals surface area contributed by atoms with Gasteiger partial charge in [-0.2, -0.15) is 5.26 Å². The molecule has 2 N–H and O–H groups in total. The van der Waals surface area contributed by atoms with Crippen molar-refractivity contribution >= 4 is 11.4 Å². The third-order valence-corrected chi connectivity index (χ3v) is 4.62. The summed E-state index contributed by atoms with van der Waals surface area (Å²) in [5.74, 6) is 0. The van der Waals surface area contributed by atoms with E-state index in [4.69, 9.17) is 5.26 Å². The normalized spacial score (nSPS) is 23.1. The summed E-state index contributed by atoms with van der Waals surface area (Å²) in [5, 5.41) is 27.0. The first kappa shape index (κ1) is 13.8. The minimum absolute atomic E-state index is 0.0372. The monoisotopic (exact) mass is 286 g/mol. The summed E-state index contributed by atoms with van der Waals surface area (Å²) >= 11 is 0. The summed E-state index contributed by atoms with van der Waals surface area (Å²) in [7, 11) is 0. The molecular weight excluding hydrogens is 268 g/mol. The van der Waals surface area contributed by atoms with Crippen molar-refractivity contribution < 1.29 is 4.92 Å². The van der Waals surface area contributed by atoms with Gasteiger partial charge in [0.05, 0.1) is 16.6 Å². The molecule has 1 spiro atoms. The molecule has 1 atom stereocenters. The number of nitrogens with zero attached hydrogens (tertiary/aromatic N) is 2. The third kappa shape index (κ3) is 2.69. The van der Waals surface area contributed by atoms with E-state index in [-0.39, 0.29) is 17.3 Å². The third-order valence-electron chi connectivity index (χ3n) is 4.62. The van der Waals surface area contributed by atoms with Crippen molar-refractivity contribution in [1.29, 1.82) is 5.26 Å². The van der Waals surface area contributed by atoms with E-state index < -0.39 is 4.92 Å². The molecule has 6 heteroatoms. The summed E-state index contributed by atoms with van der Waals surface area (Å²) in [5.41, 5.74) is 1.17. The summed E-state index contributed by atoms with van der Waals surface area (Å²) in [6.07, 6.45) is 5.55. The molecule has 1 saturated carbocycles. The van der Waals surface area contributed by atoms with Gasteiger partial charge in [-0.05, 0) is 50.8 Å². The number of nitriles is 1. The fourth-order valence-electron chi connectivity index (χ4n) is 3.37. The second-order valence-corrected chi connectivity index (χ2v) is 6.00. The molecule has 6 nitrogen and oxygen atoms in total. The molecule has 1 aliphatic carbocycles. The maximum Gasteiger partial charge on any atom is 0.292 e. The van der Waals surface area contributed by atoms with E-state index in [2.05, 4.69) is 10.6 Å². The molecule has 21 heavy (non-hydrogen) atoms. The van der Waals surface area contributed by atoms with Gasteiger partial charge < -0.3 is 10.6 Å². The van der Waals surface area contributed by atoms with Gasteiger partial charge in [0, 0.05) is 17.6 Å². The van der Waals surface area contributed by atoms with Crippen LogP contribution in [0.4, 0.5) is 11.4 Å². The molecule has 2 fully saturated rings. The number of nitro groups is 1.